The van der Waals surface area contributed by atoms with Crippen LogP contribution in [-0.2, 0) is 19.1 Å². The zero-order valence-electron chi connectivity index (χ0n) is 23.5. The van der Waals surface area contributed by atoms with Crippen molar-refractivity contribution in [1.82, 2.24) is 15.3 Å². The Morgan fingerprint density at radius 2 is 1.59 bits per heavy atom. The number of anilines is 2. The highest BCUT2D eigenvalue weighted by atomic mass is 19.4. The van der Waals surface area contributed by atoms with Crippen molar-refractivity contribution in [3.8, 4) is 0 Å². The highest BCUT2D eigenvalue weighted by molar-refractivity contribution is 5.91. The minimum Gasteiger partial charge on any atom is -0.405 e. The van der Waals surface area contributed by atoms with E-state index >= 15 is 0 Å². The Hall–Kier alpha value is -3.60. The molecule has 0 aliphatic carbocycles. The zero-order chi connectivity index (χ0) is 30.5. The molecular formula is C30H37F6N5. The lowest BCUT2D eigenvalue weighted by molar-refractivity contribution is -0.137. The van der Waals surface area contributed by atoms with E-state index in [1.165, 1.54) is 31.0 Å². The van der Waals surface area contributed by atoms with E-state index in [2.05, 4.69) is 41.4 Å². The van der Waals surface area contributed by atoms with E-state index in [0.717, 1.165) is 49.9 Å². The summed E-state index contributed by atoms with van der Waals surface area (Å²) in [5.41, 5.74) is 4.80. The van der Waals surface area contributed by atoms with Crippen molar-refractivity contribution in [3.05, 3.63) is 83.3 Å². The summed E-state index contributed by atoms with van der Waals surface area (Å²) in [5, 5.41) is 6.75. The number of nitrogens with two attached hydrogens (primary N) is 1. The molecular weight excluding hydrogens is 544 g/mol. The number of unbranched alkanes of at least 4 members (excludes halogenated alkanes) is 2. The van der Waals surface area contributed by atoms with E-state index in [-0.39, 0.29) is 6.42 Å². The van der Waals surface area contributed by atoms with Gasteiger partial charge in [0.25, 0.3) is 0 Å². The van der Waals surface area contributed by atoms with Gasteiger partial charge < -0.3 is 16.4 Å². The summed E-state index contributed by atoms with van der Waals surface area (Å²) < 4.78 is 79.1. The molecule has 41 heavy (non-hydrogen) atoms. The lowest BCUT2D eigenvalue weighted by atomic mass is 10.0. The first-order chi connectivity index (χ1) is 19.4. The van der Waals surface area contributed by atoms with Crippen LogP contribution in [0.3, 0.4) is 0 Å². The molecule has 0 amide bonds. The summed E-state index contributed by atoms with van der Waals surface area (Å²) in [6.07, 6.45) is -1.75. The van der Waals surface area contributed by atoms with Crippen LogP contribution in [0.4, 0.5) is 37.8 Å². The number of benzene rings is 2. The molecule has 2 aromatic carbocycles. The summed E-state index contributed by atoms with van der Waals surface area (Å²) in [6.45, 7) is 7.46. The van der Waals surface area contributed by atoms with Gasteiger partial charge in [0.2, 0.25) is 0 Å². The Morgan fingerprint density at radius 3 is 2.15 bits per heavy atom. The first-order valence-corrected chi connectivity index (χ1v) is 13.5. The molecule has 0 aliphatic heterocycles. The maximum absolute atomic E-state index is 13.5. The number of fused-ring (bicyclic) bond motifs is 1. The van der Waals surface area contributed by atoms with Crippen molar-refractivity contribution in [2.45, 2.75) is 71.8 Å². The van der Waals surface area contributed by atoms with Crippen LogP contribution < -0.4 is 16.4 Å². The fraction of sp³-hybridized carbons (Fsp3) is 0.400. The van der Waals surface area contributed by atoms with Crippen LogP contribution in [-0.4, -0.2) is 22.7 Å². The molecule has 4 N–H and O–H groups in total. The average Bonchev–Trinajstić information content (AvgIpc) is 2.92. The van der Waals surface area contributed by atoms with Crippen molar-refractivity contribution < 1.29 is 26.3 Å². The molecule has 1 heterocycles. The molecule has 3 rings (SSSR count). The largest absolute Gasteiger partial charge is 0.416 e. The number of hydrogen-bond acceptors (Lipinski definition) is 5. The van der Waals surface area contributed by atoms with Gasteiger partial charge in [-0.1, -0.05) is 52.2 Å². The van der Waals surface area contributed by atoms with Gasteiger partial charge in [0, 0.05) is 23.1 Å². The van der Waals surface area contributed by atoms with E-state index in [4.69, 9.17) is 5.73 Å². The molecule has 0 atom stereocenters. The maximum atomic E-state index is 13.5. The number of hydrogen-bond donors (Lipinski definition) is 3. The van der Waals surface area contributed by atoms with Gasteiger partial charge in [-0.05, 0) is 67.2 Å². The van der Waals surface area contributed by atoms with Crippen LogP contribution in [0.25, 0.3) is 10.9 Å². The van der Waals surface area contributed by atoms with Crippen molar-refractivity contribution in [1.29, 1.82) is 0 Å². The number of rotatable bonds is 11. The molecule has 0 aliphatic rings. The van der Waals surface area contributed by atoms with Crippen LogP contribution in [0.5, 0.6) is 0 Å². The fourth-order valence-corrected chi connectivity index (χ4v) is 3.53. The number of allylic oxidation sites excluding steroid dienone is 3. The Balaban J connectivity index is 0.00000138. The Kier molecular flexibility index (Phi) is 13.1. The van der Waals surface area contributed by atoms with Gasteiger partial charge in [-0.15, -0.1) is 0 Å². The number of halogens is 6. The number of nitrogens with one attached hydrogen (secondary N) is 2. The van der Waals surface area contributed by atoms with Crippen molar-refractivity contribution >= 4 is 22.4 Å². The fourth-order valence-electron chi connectivity index (χ4n) is 3.53. The number of nitrogens with zero attached hydrogens (tertiary/aromatic N) is 2. The minimum atomic E-state index is -4.54. The zero-order valence-corrected chi connectivity index (χ0v) is 23.5. The molecule has 0 spiro atoms. The molecule has 3 aromatic rings. The highest BCUT2D eigenvalue weighted by Gasteiger charge is 2.33. The predicted molar refractivity (Wildman–Crippen MR) is 153 cm³/mol. The quantitative estimate of drug-likeness (QED) is 0.120. The van der Waals surface area contributed by atoms with Crippen molar-refractivity contribution in [2.75, 3.05) is 11.9 Å². The highest BCUT2D eigenvalue weighted by Crippen LogP contribution is 2.32. The molecule has 0 radical (unpaired) electrons. The van der Waals surface area contributed by atoms with E-state index < -0.39 is 23.5 Å². The van der Waals surface area contributed by atoms with Gasteiger partial charge in [0.1, 0.15) is 11.6 Å². The molecule has 0 fully saturated rings. The van der Waals surface area contributed by atoms with Crippen molar-refractivity contribution in [3.63, 3.8) is 0 Å². The average molecular weight is 582 g/mol. The third kappa shape index (κ3) is 11.1. The first kappa shape index (κ1) is 33.6. The van der Waals surface area contributed by atoms with Crippen LogP contribution in [0, 0.1) is 0 Å². The third-order valence-corrected chi connectivity index (χ3v) is 5.94. The first-order valence-electron chi connectivity index (χ1n) is 13.5. The Bertz CT molecular complexity index is 1280. The van der Waals surface area contributed by atoms with Crippen LogP contribution in [0.2, 0.25) is 0 Å². The molecule has 5 nitrogen and oxygen atoms in total. The Labute approximate surface area is 237 Å². The second-order valence-electron chi connectivity index (χ2n) is 9.32. The number of aromatic nitrogens is 2. The van der Waals surface area contributed by atoms with Crippen LogP contribution in [0.1, 0.15) is 63.4 Å². The molecule has 0 saturated carbocycles. The molecule has 1 aromatic heterocycles. The van der Waals surface area contributed by atoms with Gasteiger partial charge >= 0.3 is 12.4 Å². The molecule has 0 saturated heterocycles. The van der Waals surface area contributed by atoms with Gasteiger partial charge in [-0.25, -0.2) is 9.97 Å². The lowest BCUT2D eigenvalue weighted by Gasteiger charge is -2.15. The van der Waals surface area contributed by atoms with E-state index in [9.17, 15) is 26.3 Å². The van der Waals surface area contributed by atoms with Crippen molar-refractivity contribution in [2.24, 2.45) is 5.73 Å². The normalized spacial score (nSPS) is 12.5. The summed E-state index contributed by atoms with van der Waals surface area (Å²) in [4.78, 5) is 9.03. The molecule has 0 bridgehead atoms. The van der Waals surface area contributed by atoms with Crippen LogP contribution >= 0.6 is 0 Å². The monoisotopic (exact) mass is 581 g/mol. The maximum Gasteiger partial charge on any atom is 0.416 e. The molecule has 0 unspecified atom stereocenters. The molecule has 224 valence electrons. The minimum absolute atomic E-state index is 0.316. The van der Waals surface area contributed by atoms with Gasteiger partial charge in [-0.3, -0.25) is 0 Å². The Morgan fingerprint density at radius 1 is 0.902 bits per heavy atom. The topological polar surface area (TPSA) is 75.9 Å². The van der Waals surface area contributed by atoms with Crippen LogP contribution in [0.15, 0.2) is 66.4 Å². The number of alkyl halides is 6. The summed E-state index contributed by atoms with van der Waals surface area (Å²) >= 11 is 0. The summed E-state index contributed by atoms with van der Waals surface area (Å²) in [7, 11) is 0. The standard InChI is InChI=1S/C26H27F6N5.C4H10/c1-2-3-13-34-16-23-36-22-15-17(14-19(5-4-12-33)26(30,31)32)6-11-21(22)24(37-23)35-20-9-7-18(8-10-20)25(27,28)29;1-3-4-2/h4-12,15,34H,2-3,13-14,16,33H2,1H3,(H,35,36,37);3-4H2,1-2H3/b12-4-,19-5+;. The summed E-state index contributed by atoms with van der Waals surface area (Å²) in [6, 6.07) is 9.17. The third-order valence-electron chi connectivity index (χ3n) is 5.94. The second kappa shape index (κ2) is 16.0. The van der Waals surface area contributed by atoms with Gasteiger partial charge in [0.05, 0.1) is 17.6 Å². The van der Waals surface area contributed by atoms with E-state index in [1.54, 1.807) is 12.1 Å². The summed E-state index contributed by atoms with van der Waals surface area (Å²) in [5.74, 6) is 0.731. The van der Waals surface area contributed by atoms with E-state index in [0.29, 0.717) is 40.3 Å². The predicted octanol–water partition coefficient (Wildman–Crippen LogP) is 8.59. The smallest absolute Gasteiger partial charge is 0.405 e. The molecule has 11 heteroatoms. The lowest BCUT2D eigenvalue weighted by Crippen LogP contribution is -2.17. The SMILES string of the molecule is CCCC.CCCCNCc1nc(Nc2ccc(C(F)(F)F)cc2)c2ccc(C/C(=C\C=C/N)C(F)(F)F)cc2n1. The van der Waals surface area contributed by atoms with E-state index in [1.807, 2.05) is 0 Å². The van der Waals surface area contributed by atoms with Gasteiger partial charge in [0.15, 0.2) is 0 Å². The second-order valence-corrected chi connectivity index (χ2v) is 9.32. The van der Waals surface area contributed by atoms with Gasteiger partial charge in [-0.2, -0.15) is 26.3 Å².